The van der Waals surface area contributed by atoms with Crippen LogP contribution in [0.1, 0.15) is 11.1 Å². The van der Waals surface area contributed by atoms with E-state index in [0.29, 0.717) is 6.67 Å². The molecule has 0 fully saturated rings. The molecule has 0 unspecified atom stereocenters. The molecule has 4 nitrogen and oxygen atoms in total. The Morgan fingerprint density at radius 3 is 1.34 bits per heavy atom. The molecule has 0 spiro atoms. The van der Waals surface area contributed by atoms with Gasteiger partial charge in [-0.15, -0.1) is 0 Å². The summed E-state index contributed by atoms with van der Waals surface area (Å²) >= 11 is 0. The minimum Gasteiger partial charge on any atom is -0.307 e. The molecule has 0 amide bonds. The maximum absolute atomic E-state index is 5.06. The van der Waals surface area contributed by atoms with Gasteiger partial charge in [0, 0.05) is 45.1 Å². The molecular weight excluding hydrogens is 500 g/mol. The molecule has 196 valence electrons. The van der Waals surface area contributed by atoms with Crippen LogP contribution >= 0.6 is 0 Å². The van der Waals surface area contributed by atoms with Gasteiger partial charge in [0.25, 0.3) is 0 Å². The van der Waals surface area contributed by atoms with Crippen LogP contribution in [0.25, 0.3) is 66.1 Å². The highest BCUT2D eigenvalue weighted by Gasteiger charge is 2.18. The molecule has 0 saturated carbocycles. The lowest BCUT2D eigenvalue weighted by molar-refractivity contribution is 0.672. The zero-order chi connectivity index (χ0) is 27.5. The Balaban J connectivity index is 1.36. The van der Waals surface area contributed by atoms with Crippen molar-refractivity contribution in [2.75, 3.05) is 0 Å². The topological polar surface area (TPSA) is 35.6 Å². The van der Waals surface area contributed by atoms with E-state index in [2.05, 4.69) is 132 Å². The van der Waals surface area contributed by atoms with E-state index >= 15 is 0 Å². The summed E-state index contributed by atoms with van der Waals surface area (Å²) in [5, 5.41) is 4.78. The standard InChI is InChI=1S/C37H28N4/c1-24-13-15-34-30(17-24)32-19-28(26-9-5-3-6-10-26)21-38-36(32)40(34)23-41-35-16-14-25(2)18-31(35)33-20-29(22-39-37(33)41)27-11-7-4-8-12-27/h3-22H,23H2,1-2H3. The number of aromatic nitrogens is 4. The fraction of sp³-hybridized carbons (Fsp3) is 0.0811. The zero-order valence-corrected chi connectivity index (χ0v) is 23.0. The maximum atomic E-state index is 5.06. The molecule has 0 aliphatic carbocycles. The Morgan fingerprint density at radius 1 is 0.463 bits per heavy atom. The normalized spacial score (nSPS) is 11.8. The second kappa shape index (κ2) is 9.17. The van der Waals surface area contributed by atoms with Crippen LogP contribution in [0.2, 0.25) is 0 Å². The van der Waals surface area contributed by atoms with Crippen LogP contribution in [0.5, 0.6) is 0 Å². The fourth-order valence-electron chi connectivity index (χ4n) is 6.18. The Kier molecular flexibility index (Phi) is 5.29. The lowest BCUT2D eigenvalue weighted by Gasteiger charge is -2.12. The first kappa shape index (κ1) is 23.6. The Hall–Kier alpha value is -5.22. The first-order valence-electron chi connectivity index (χ1n) is 14.0. The Bertz CT molecular complexity index is 2080. The second-order valence-electron chi connectivity index (χ2n) is 11.0. The zero-order valence-electron chi connectivity index (χ0n) is 23.0. The van der Waals surface area contributed by atoms with Crippen LogP contribution in [0.4, 0.5) is 0 Å². The van der Waals surface area contributed by atoms with Crippen LogP contribution in [0, 0.1) is 13.8 Å². The van der Waals surface area contributed by atoms with E-state index in [0.717, 1.165) is 22.4 Å². The summed E-state index contributed by atoms with van der Waals surface area (Å²) in [6.07, 6.45) is 4.00. The van der Waals surface area contributed by atoms with Crippen LogP contribution in [0.3, 0.4) is 0 Å². The SMILES string of the molecule is Cc1ccc2c(c1)c1cc(-c3ccccc3)cnc1n2Cn1c2ccc(C)cc2c2cc(-c3ccccc3)cnc21. The van der Waals surface area contributed by atoms with Crippen molar-refractivity contribution < 1.29 is 0 Å². The van der Waals surface area contributed by atoms with Gasteiger partial charge in [-0.25, -0.2) is 9.97 Å². The predicted octanol–water partition coefficient (Wildman–Crippen LogP) is 9.15. The van der Waals surface area contributed by atoms with Gasteiger partial charge in [0.05, 0.1) is 11.0 Å². The molecule has 0 saturated heterocycles. The molecule has 4 heteroatoms. The molecule has 4 heterocycles. The first-order chi connectivity index (χ1) is 20.1. The molecule has 0 aliphatic rings. The number of aryl methyl sites for hydroxylation is 2. The van der Waals surface area contributed by atoms with Crippen molar-refractivity contribution in [1.82, 2.24) is 19.1 Å². The van der Waals surface area contributed by atoms with Crippen LogP contribution in [-0.4, -0.2) is 19.1 Å². The van der Waals surface area contributed by atoms with Gasteiger partial charge in [-0.2, -0.15) is 0 Å². The molecule has 0 radical (unpaired) electrons. The van der Waals surface area contributed by atoms with Crippen molar-refractivity contribution in [2.24, 2.45) is 0 Å². The van der Waals surface area contributed by atoms with Gasteiger partial charge in [0.2, 0.25) is 0 Å². The third-order valence-corrected chi connectivity index (χ3v) is 8.21. The average Bonchev–Trinajstić information content (AvgIpc) is 3.49. The van der Waals surface area contributed by atoms with Gasteiger partial charge in [-0.1, -0.05) is 83.9 Å². The monoisotopic (exact) mass is 528 g/mol. The van der Waals surface area contributed by atoms with Crippen molar-refractivity contribution in [3.05, 3.63) is 133 Å². The van der Waals surface area contributed by atoms with E-state index in [1.807, 2.05) is 12.4 Å². The van der Waals surface area contributed by atoms with Crippen molar-refractivity contribution in [3.8, 4) is 22.3 Å². The largest absolute Gasteiger partial charge is 0.307 e. The number of hydrogen-bond acceptors (Lipinski definition) is 2. The minimum atomic E-state index is 0.613. The fourth-order valence-corrected chi connectivity index (χ4v) is 6.18. The number of benzene rings is 4. The molecule has 8 rings (SSSR count). The van der Waals surface area contributed by atoms with Gasteiger partial charge in [-0.3, -0.25) is 0 Å². The molecule has 41 heavy (non-hydrogen) atoms. The van der Waals surface area contributed by atoms with Crippen molar-refractivity contribution in [3.63, 3.8) is 0 Å². The molecule has 8 aromatic rings. The third-order valence-electron chi connectivity index (χ3n) is 8.21. The molecule has 4 aromatic heterocycles. The summed E-state index contributed by atoms with van der Waals surface area (Å²) in [6, 6.07) is 39.0. The summed E-state index contributed by atoms with van der Waals surface area (Å²) < 4.78 is 4.68. The first-order valence-corrected chi connectivity index (χ1v) is 14.0. The average molecular weight is 529 g/mol. The van der Waals surface area contributed by atoms with Crippen molar-refractivity contribution in [2.45, 2.75) is 20.5 Å². The number of pyridine rings is 2. The quantitative estimate of drug-likeness (QED) is 0.228. The minimum absolute atomic E-state index is 0.613. The van der Waals surface area contributed by atoms with Gasteiger partial charge in [-0.05, 0) is 61.4 Å². The van der Waals surface area contributed by atoms with E-state index in [1.54, 1.807) is 0 Å². The third kappa shape index (κ3) is 3.83. The number of hydrogen-bond donors (Lipinski definition) is 0. The van der Waals surface area contributed by atoms with Crippen molar-refractivity contribution in [1.29, 1.82) is 0 Å². The number of fused-ring (bicyclic) bond motifs is 6. The molecular formula is C37H28N4. The van der Waals surface area contributed by atoms with Gasteiger partial charge in [0.15, 0.2) is 0 Å². The lowest BCUT2D eigenvalue weighted by atomic mass is 10.1. The van der Waals surface area contributed by atoms with Gasteiger partial charge < -0.3 is 9.13 Å². The molecule has 0 N–H and O–H groups in total. The van der Waals surface area contributed by atoms with E-state index in [-0.39, 0.29) is 0 Å². The number of rotatable bonds is 4. The molecule has 0 atom stereocenters. The summed E-state index contributed by atoms with van der Waals surface area (Å²) in [6.45, 7) is 4.92. The lowest BCUT2D eigenvalue weighted by Crippen LogP contribution is -2.09. The Labute approximate surface area is 238 Å². The molecule has 0 bridgehead atoms. The summed E-state index contributed by atoms with van der Waals surface area (Å²) in [4.78, 5) is 10.1. The predicted molar refractivity (Wildman–Crippen MR) is 170 cm³/mol. The maximum Gasteiger partial charge on any atom is 0.142 e. The van der Waals surface area contributed by atoms with Crippen LogP contribution < -0.4 is 0 Å². The molecule has 4 aromatic carbocycles. The van der Waals surface area contributed by atoms with Crippen LogP contribution in [-0.2, 0) is 6.67 Å². The number of nitrogens with zero attached hydrogens (tertiary/aromatic N) is 4. The summed E-state index contributed by atoms with van der Waals surface area (Å²) in [5.74, 6) is 0. The summed E-state index contributed by atoms with van der Waals surface area (Å²) in [7, 11) is 0. The van der Waals surface area contributed by atoms with Crippen molar-refractivity contribution >= 4 is 43.9 Å². The van der Waals surface area contributed by atoms with Crippen LogP contribution in [0.15, 0.2) is 122 Å². The second-order valence-corrected chi connectivity index (χ2v) is 11.0. The smallest absolute Gasteiger partial charge is 0.142 e. The van der Waals surface area contributed by atoms with E-state index in [9.17, 15) is 0 Å². The van der Waals surface area contributed by atoms with Gasteiger partial charge in [0.1, 0.15) is 18.0 Å². The summed E-state index contributed by atoms with van der Waals surface area (Å²) in [5.41, 5.74) is 11.4. The highest BCUT2D eigenvalue weighted by molar-refractivity contribution is 6.09. The Morgan fingerprint density at radius 2 is 0.902 bits per heavy atom. The van der Waals surface area contributed by atoms with E-state index < -0.39 is 0 Å². The van der Waals surface area contributed by atoms with E-state index in [1.165, 1.54) is 54.8 Å². The van der Waals surface area contributed by atoms with Gasteiger partial charge >= 0.3 is 0 Å². The highest BCUT2D eigenvalue weighted by atomic mass is 15.2. The highest BCUT2D eigenvalue weighted by Crippen LogP contribution is 2.35. The molecule has 0 aliphatic heterocycles. The van der Waals surface area contributed by atoms with E-state index in [4.69, 9.17) is 9.97 Å².